The van der Waals surface area contributed by atoms with Gasteiger partial charge in [0.05, 0.1) is 41.6 Å². The third-order valence-electron chi connectivity index (χ3n) is 8.65. The van der Waals surface area contributed by atoms with Gasteiger partial charge in [0.25, 0.3) is 0 Å². The number of carbonyl (C=O) groups excluding carboxylic acids is 3. The van der Waals surface area contributed by atoms with Gasteiger partial charge in [-0.15, -0.1) is 0 Å². The summed E-state index contributed by atoms with van der Waals surface area (Å²) in [4.78, 5) is 77.8. The van der Waals surface area contributed by atoms with Gasteiger partial charge in [-0.1, -0.05) is 24.3 Å². The van der Waals surface area contributed by atoms with Gasteiger partial charge in [0, 0.05) is 31.6 Å². The number of carbonyl (C=O) groups is 6. The van der Waals surface area contributed by atoms with Crippen molar-refractivity contribution in [2.75, 3.05) is 48.4 Å². The molecule has 0 fully saturated rings. The number of nitrogen functional groups attached to an aromatic ring is 2. The largest absolute Gasteiger partial charge is 0.491 e. The van der Waals surface area contributed by atoms with E-state index < -0.39 is 77.7 Å². The number of anilines is 4. The highest BCUT2D eigenvalue weighted by Gasteiger charge is 2.31. The van der Waals surface area contributed by atoms with Crippen LogP contribution < -0.4 is 47.5 Å². The van der Waals surface area contributed by atoms with Gasteiger partial charge >= 0.3 is 36.2 Å². The number of nitrogens with one attached hydrogen (secondary N) is 5. The molecule has 3 rings (SSSR count). The first-order valence-electron chi connectivity index (χ1n) is 19.9. The fraction of sp³-hybridized carbons (Fsp3) is 0.452. The lowest BCUT2D eigenvalue weighted by atomic mass is 10.0. The van der Waals surface area contributed by atoms with Crippen LogP contribution in [0.4, 0.5) is 37.1 Å². The number of aromatic nitrogens is 1. The van der Waals surface area contributed by atoms with Crippen LogP contribution in [0.15, 0.2) is 60.8 Å². The van der Waals surface area contributed by atoms with Gasteiger partial charge in [-0.3, -0.25) is 4.98 Å². The van der Waals surface area contributed by atoms with Crippen molar-refractivity contribution in [1.29, 1.82) is 0 Å². The molecule has 0 aliphatic carbocycles. The van der Waals surface area contributed by atoms with Crippen molar-refractivity contribution < 1.29 is 67.8 Å². The van der Waals surface area contributed by atoms with Crippen LogP contribution in [-0.4, -0.2) is 118 Å². The molecule has 12 N–H and O–H groups in total. The number of para-hydroxylation sites is 4. The highest BCUT2D eigenvalue weighted by molar-refractivity contribution is 5.82. The summed E-state index contributed by atoms with van der Waals surface area (Å²) in [6.45, 7) is 10.4. The Bertz CT molecular complexity index is 2110. The summed E-state index contributed by atoms with van der Waals surface area (Å²) in [6.07, 6.45) is -1.79. The highest BCUT2D eigenvalue weighted by Crippen LogP contribution is 2.29. The number of nitrogens with two attached hydrogens (primary N) is 2. The van der Waals surface area contributed by atoms with Crippen LogP contribution in [0.25, 0.3) is 0 Å². The van der Waals surface area contributed by atoms with Crippen LogP contribution in [0, 0.1) is 0 Å². The van der Waals surface area contributed by atoms with E-state index in [0.29, 0.717) is 22.8 Å². The number of benzene rings is 2. The fourth-order valence-corrected chi connectivity index (χ4v) is 5.54. The van der Waals surface area contributed by atoms with Gasteiger partial charge in [0.1, 0.15) is 47.0 Å². The molecule has 1 aromatic heterocycles. The van der Waals surface area contributed by atoms with E-state index in [1.54, 1.807) is 97.0 Å². The van der Waals surface area contributed by atoms with Gasteiger partial charge in [-0.25, -0.2) is 28.8 Å². The van der Waals surface area contributed by atoms with Crippen molar-refractivity contribution in [3.63, 3.8) is 0 Å². The number of nitrogens with zero attached hydrogens (tertiary/aromatic N) is 1. The molecule has 0 aliphatic rings. The zero-order valence-electron chi connectivity index (χ0n) is 36.7. The molecule has 3 amide bonds. The summed E-state index contributed by atoms with van der Waals surface area (Å²) in [7, 11) is 0. The Balaban J connectivity index is 1.53. The average Bonchev–Trinajstić information content (AvgIpc) is 3.17. The lowest BCUT2D eigenvalue weighted by Gasteiger charge is -2.28. The van der Waals surface area contributed by atoms with Crippen LogP contribution >= 0.6 is 0 Å². The Morgan fingerprint density at radius 1 is 0.641 bits per heavy atom. The molecule has 350 valence electrons. The minimum atomic E-state index is -1.60. The van der Waals surface area contributed by atoms with E-state index in [2.05, 4.69) is 31.6 Å². The van der Waals surface area contributed by atoms with E-state index >= 15 is 0 Å². The first kappa shape index (κ1) is 51.0. The van der Waals surface area contributed by atoms with Gasteiger partial charge in [0.15, 0.2) is 6.04 Å². The van der Waals surface area contributed by atoms with Gasteiger partial charge in [0.2, 0.25) is 0 Å². The number of hydrogen-bond donors (Lipinski definition) is 10. The Kier molecular flexibility index (Phi) is 18.0. The maximum Gasteiger partial charge on any atom is 0.408 e. The van der Waals surface area contributed by atoms with E-state index in [9.17, 15) is 44.1 Å². The van der Waals surface area contributed by atoms with E-state index in [1.807, 2.05) is 0 Å². The average molecular weight is 899 g/mol. The minimum Gasteiger partial charge on any atom is -0.491 e. The van der Waals surface area contributed by atoms with Crippen LogP contribution in [0.1, 0.15) is 60.6 Å². The molecule has 3 atom stereocenters. The molecule has 0 aliphatic heterocycles. The molecule has 0 unspecified atom stereocenters. The Hall–Kier alpha value is -7.39. The summed E-state index contributed by atoms with van der Waals surface area (Å²) in [5, 5.41) is 42.0. The fourth-order valence-electron chi connectivity index (χ4n) is 5.54. The number of alkyl carbamates (subject to hydrolysis) is 3. The number of ether oxygens (including phenoxy) is 5. The normalized spacial score (nSPS) is 12.9. The Morgan fingerprint density at radius 2 is 1.19 bits per heavy atom. The first-order valence-corrected chi connectivity index (χ1v) is 19.9. The van der Waals surface area contributed by atoms with Crippen LogP contribution in [-0.2, 0) is 35.0 Å². The number of amides is 3. The predicted molar refractivity (Wildman–Crippen MR) is 233 cm³/mol. The summed E-state index contributed by atoms with van der Waals surface area (Å²) in [5.41, 5.74) is 10.5. The maximum atomic E-state index is 12.9. The number of carboxylic acid groups (broad SMARTS) is 3. The smallest absolute Gasteiger partial charge is 0.408 e. The highest BCUT2D eigenvalue weighted by atomic mass is 16.6. The lowest BCUT2D eigenvalue weighted by Crippen LogP contribution is -2.48. The van der Waals surface area contributed by atoms with Gasteiger partial charge < -0.3 is 77.1 Å². The van der Waals surface area contributed by atoms with Crippen molar-refractivity contribution >= 4 is 58.9 Å². The quantitative estimate of drug-likeness (QED) is 0.0474. The number of carboxylic acids is 3. The molecule has 64 heavy (non-hydrogen) atoms. The molecular weight excluding hydrogens is 841 g/mol. The Labute approximate surface area is 369 Å². The summed E-state index contributed by atoms with van der Waals surface area (Å²) < 4.78 is 27.7. The van der Waals surface area contributed by atoms with Gasteiger partial charge in [-0.2, -0.15) is 0 Å². The standard InChI is InChI=1S/C42H58N8O14/c1-40(2,3)62-37(57)48-27(34(51)52)17-19-60-31-15-11-10-14-26(31)47-23-42(6,7)64-39(59)50-30(36(55)56)22-61-32-16-18-45-28(33(32)44)20-41(4,5)63-38(58)49-29(35(53)54)21-46-25-13-9-8-12-24(25)43/h8-16,18,27,29-30,46-47H,17,19-23,43-44H2,1-7H3,(H,48,57)(H,49,58)(H,50,59)(H,51,52)(H,53,54)(H,55,56)/t27-,29-,30-/m0/s1. The van der Waals surface area contributed by atoms with Crippen LogP contribution in [0.5, 0.6) is 11.5 Å². The third kappa shape index (κ3) is 17.5. The molecule has 22 nitrogen and oxygen atoms in total. The number of aliphatic carboxylic acids is 3. The van der Waals surface area contributed by atoms with Crippen molar-refractivity contribution in [2.24, 2.45) is 0 Å². The minimum absolute atomic E-state index is 0.00463. The second-order valence-corrected chi connectivity index (χ2v) is 16.5. The van der Waals surface area contributed by atoms with Crippen molar-refractivity contribution in [2.45, 2.75) is 96.2 Å². The molecule has 0 spiro atoms. The number of pyridine rings is 1. The summed E-state index contributed by atoms with van der Waals surface area (Å²) in [6, 6.07) is 10.6. The van der Waals surface area contributed by atoms with E-state index in [0.717, 1.165) is 0 Å². The number of hydrogen-bond acceptors (Lipinski definition) is 16. The molecule has 0 saturated heterocycles. The Morgan fingerprint density at radius 3 is 1.80 bits per heavy atom. The molecule has 3 aromatic rings. The van der Waals surface area contributed by atoms with E-state index in [1.165, 1.54) is 12.3 Å². The van der Waals surface area contributed by atoms with Crippen molar-refractivity contribution in [3.8, 4) is 11.5 Å². The van der Waals surface area contributed by atoms with Crippen molar-refractivity contribution in [1.82, 2.24) is 20.9 Å². The van der Waals surface area contributed by atoms with Gasteiger partial charge in [-0.05, 0) is 72.7 Å². The number of rotatable bonds is 23. The SMILES string of the molecule is CC(C)(C)OC(=O)N[C@@H](CCOc1ccccc1NCC(C)(C)OC(=O)N[C@@H](COc1ccnc(CC(C)(C)OC(=O)N[C@@H](CNc2ccccc2N)C(=O)O)c1N)C(=O)O)C(=O)O. The second-order valence-electron chi connectivity index (χ2n) is 16.5. The molecule has 0 bridgehead atoms. The molecule has 22 heteroatoms. The third-order valence-corrected chi connectivity index (χ3v) is 8.65. The molecule has 1 heterocycles. The molecule has 0 radical (unpaired) electrons. The first-order chi connectivity index (χ1) is 29.8. The van der Waals surface area contributed by atoms with Crippen LogP contribution in [0.3, 0.4) is 0 Å². The second kappa shape index (κ2) is 22.6. The monoisotopic (exact) mass is 898 g/mol. The van der Waals surface area contributed by atoms with E-state index in [4.69, 9.17) is 35.2 Å². The van der Waals surface area contributed by atoms with Crippen molar-refractivity contribution in [3.05, 3.63) is 66.5 Å². The van der Waals surface area contributed by atoms with Crippen LogP contribution in [0.2, 0.25) is 0 Å². The van der Waals surface area contributed by atoms with E-state index in [-0.39, 0.29) is 49.7 Å². The zero-order valence-corrected chi connectivity index (χ0v) is 36.7. The molecular formula is C42H58N8O14. The molecule has 0 saturated carbocycles. The summed E-state index contributed by atoms with van der Waals surface area (Å²) >= 11 is 0. The maximum absolute atomic E-state index is 12.9. The summed E-state index contributed by atoms with van der Waals surface area (Å²) in [5.74, 6) is -3.67. The topological polar surface area (TPSA) is 334 Å². The molecule has 2 aromatic carbocycles. The predicted octanol–water partition coefficient (Wildman–Crippen LogP) is 4.05. The zero-order chi connectivity index (χ0) is 47.8. The lowest BCUT2D eigenvalue weighted by molar-refractivity contribution is -0.141.